The molecule has 0 aliphatic carbocycles. The van der Waals surface area contributed by atoms with Crippen LogP contribution in [0.2, 0.25) is 0 Å². The molecule has 0 N–H and O–H groups in total. The van der Waals surface area contributed by atoms with Gasteiger partial charge in [-0.05, 0) is 43.4 Å². The van der Waals surface area contributed by atoms with Crippen LogP contribution >= 0.6 is 11.3 Å². The van der Waals surface area contributed by atoms with Gasteiger partial charge in [0.05, 0.1) is 30.1 Å². The molecule has 0 atom stereocenters. The van der Waals surface area contributed by atoms with Crippen molar-refractivity contribution in [3.8, 4) is 11.5 Å². The van der Waals surface area contributed by atoms with E-state index in [0.29, 0.717) is 16.6 Å². The molecule has 3 aromatic rings. The third kappa shape index (κ3) is 8.69. The number of nitrogens with zero attached hydrogens (tertiary/aromatic N) is 4. The van der Waals surface area contributed by atoms with Gasteiger partial charge in [-0.25, -0.2) is 4.98 Å². The van der Waals surface area contributed by atoms with Crippen molar-refractivity contribution >= 4 is 38.1 Å². The summed E-state index contributed by atoms with van der Waals surface area (Å²) in [6, 6.07) is 10.5. The van der Waals surface area contributed by atoms with Gasteiger partial charge in [-0.15, -0.1) is 10.2 Å². The van der Waals surface area contributed by atoms with Crippen molar-refractivity contribution in [2.24, 2.45) is 10.2 Å². The van der Waals surface area contributed by atoms with Crippen molar-refractivity contribution in [2.75, 3.05) is 32.2 Å². The molecular formula is C31H46N4O2S. The lowest BCUT2D eigenvalue weighted by Crippen LogP contribution is -2.26. The second kappa shape index (κ2) is 16.3. The Morgan fingerprint density at radius 3 is 2.13 bits per heavy atom. The minimum absolute atomic E-state index is 0.641. The normalized spacial score (nSPS) is 11.5. The SMILES string of the molecule is CCCCCCCCc1ccc2nc(/N=N/c3cc(OC)c(N(CCCC)CCCC)cc3OC)sc2c1. The Hall–Kier alpha value is -2.67. The van der Waals surface area contributed by atoms with E-state index < -0.39 is 0 Å². The number of thiazole rings is 1. The van der Waals surface area contributed by atoms with Crippen molar-refractivity contribution in [3.63, 3.8) is 0 Å². The molecule has 0 saturated heterocycles. The number of ether oxygens (including phenoxy) is 2. The number of aromatic nitrogens is 1. The molecule has 1 heterocycles. The smallest absolute Gasteiger partial charge is 0.231 e. The van der Waals surface area contributed by atoms with Crippen LogP contribution in [0.25, 0.3) is 10.2 Å². The summed E-state index contributed by atoms with van der Waals surface area (Å²) >= 11 is 1.58. The van der Waals surface area contributed by atoms with Gasteiger partial charge in [0.1, 0.15) is 17.2 Å². The second-order valence-electron chi connectivity index (χ2n) is 9.91. The Morgan fingerprint density at radius 1 is 0.763 bits per heavy atom. The van der Waals surface area contributed by atoms with Gasteiger partial charge in [-0.1, -0.05) is 83.1 Å². The Bertz CT molecular complexity index is 1140. The van der Waals surface area contributed by atoms with Crippen LogP contribution in [0.4, 0.5) is 16.5 Å². The van der Waals surface area contributed by atoms with E-state index in [2.05, 4.69) is 59.1 Å². The highest BCUT2D eigenvalue weighted by atomic mass is 32.1. The summed E-state index contributed by atoms with van der Waals surface area (Å²) in [5, 5.41) is 9.67. The molecule has 0 aliphatic rings. The Labute approximate surface area is 233 Å². The average Bonchev–Trinajstić information content (AvgIpc) is 3.35. The van der Waals surface area contributed by atoms with Crippen LogP contribution in [0.5, 0.6) is 11.5 Å². The molecule has 208 valence electrons. The van der Waals surface area contributed by atoms with E-state index >= 15 is 0 Å². The molecule has 0 amide bonds. The first-order chi connectivity index (χ1) is 18.6. The number of hydrogen-bond acceptors (Lipinski definition) is 7. The average molecular weight is 539 g/mol. The van der Waals surface area contributed by atoms with Crippen molar-refractivity contribution in [3.05, 3.63) is 35.9 Å². The summed E-state index contributed by atoms with van der Waals surface area (Å²) < 4.78 is 12.7. The van der Waals surface area contributed by atoms with Crippen LogP contribution in [0, 0.1) is 0 Å². The molecule has 0 bridgehead atoms. The highest BCUT2D eigenvalue weighted by Gasteiger charge is 2.17. The first-order valence-corrected chi connectivity index (χ1v) is 15.3. The largest absolute Gasteiger partial charge is 0.494 e. The van der Waals surface area contributed by atoms with E-state index in [9.17, 15) is 0 Å². The fourth-order valence-electron chi connectivity index (χ4n) is 4.60. The number of hydrogen-bond donors (Lipinski definition) is 0. The molecule has 6 nitrogen and oxygen atoms in total. The lowest BCUT2D eigenvalue weighted by atomic mass is 10.0. The first kappa shape index (κ1) is 29.9. The zero-order valence-electron chi connectivity index (χ0n) is 24.1. The van der Waals surface area contributed by atoms with Gasteiger partial charge in [0.2, 0.25) is 5.13 Å². The van der Waals surface area contributed by atoms with Crippen molar-refractivity contribution in [2.45, 2.75) is 91.4 Å². The van der Waals surface area contributed by atoms with Crippen molar-refractivity contribution < 1.29 is 9.47 Å². The number of rotatable bonds is 18. The standard InChI is InChI=1S/C31H46N4O2S/c1-6-9-12-13-14-15-16-24-17-18-25-30(21-24)38-31(32-25)34-33-26-22-29(37-5)27(23-28(26)36-4)35(19-10-7-2)20-11-8-3/h17-18,21-23H,6-16,19-20H2,1-5H3/b34-33+. The highest BCUT2D eigenvalue weighted by Crippen LogP contribution is 2.41. The third-order valence-electron chi connectivity index (χ3n) is 6.89. The van der Waals surface area contributed by atoms with Gasteiger partial charge in [0.25, 0.3) is 0 Å². The van der Waals surface area contributed by atoms with Gasteiger partial charge in [-0.3, -0.25) is 0 Å². The molecule has 7 heteroatoms. The molecule has 0 radical (unpaired) electrons. The van der Waals surface area contributed by atoms with E-state index in [1.165, 1.54) is 44.1 Å². The molecule has 0 fully saturated rings. The molecule has 0 saturated carbocycles. The molecule has 0 unspecified atom stereocenters. The number of azo groups is 1. The predicted octanol–water partition coefficient (Wildman–Crippen LogP) is 10.0. The van der Waals surface area contributed by atoms with E-state index in [1.54, 1.807) is 25.6 Å². The molecule has 38 heavy (non-hydrogen) atoms. The summed E-state index contributed by atoms with van der Waals surface area (Å²) in [6.07, 6.45) is 13.6. The van der Waals surface area contributed by atoms with Gasteiger partial charge in [0.15, 0.2) is 0 Å². The Balaban J connectivity index is 1.75. The highest BCUT2D eigenvalue weighted by molar-refractivity contribution is 7.21. The molecule has 3 rings (SSSR count). The second-order valence-corrected chi connectivity index (χ2v) is 10.9. The summed E-state index contributed by atoms with van der Waals surface area (Å²) in [7, 11) is 3.39. The molecule has 0 aliphatic heterocycles. The van der Waals surface area contributed by atoms with Crippen LogP contribution in [0.1, 0.15) is 90.5 Å². The topological polar surface area (TPSA) is 59.3 Å². The minimum atomic E-state index is 0.641. The maximum absolute atomic E-state index is 5.79. The van der Waals surface area contributed by atoms with Gasteiger partial charge >= 0.3 is 0 Å². The summed E-state index contributed by atoms with van der Waals surface area (Å²) in [6.45, 7) is 8.68. The van der Waals surface area contributed by atoms with Crippen molar-refractivity contribution in [1.82, 2.24) is 4.98 Å². The number of aryl methyl sites for hydroxylation is 1. The van der Waals surface area contributed by atoms with Gasteiger partial charge < -0.3 is 14.4 Å². The molecule has 0 spiro atoms. The van der Waals surface area contributed by atoms with Crippen LogP contribution < -0.4 is 14.4 Å². The van der Waals surface area contributed by atoms with E-state index in [-0.39, 0.29) is 0 Å². The maximum atomic E-state index is 5.79. The zero-order valence-corrected chi connectivity index (χ0v) is 24.9. The quantitative estimate of drug-likeness (QED) is 0.119. The molecule has 2 aromatic carbocycles. The molecule has 1 aromatic heterocycles. The van der Waals surface area contributed by atoms with Crippen LogP contribution in [0.3, 0.4) is 0 Å². The summed E-state index contributed by atoms with van der Waals surface area (Å²) in [4.78, 5) is 7.08. The third-order valence-corrected chi connectivity index (χ3v) is 7.79. The number of unbranched alkanes of at least 4 members (excludes halogenated alkanes) is 7. The first-order valence-electron chi connectivity index (χ1n) is 14.5. The minimum Gasteiger partial charge on any atom is -0.494 e. The van der Waals surface area contributed by atoms with Crippen LogP contribution in [-0.4, -0.2) is 32.3 Å². The number of methoxy groups -OCH3 is 2. The number of anilines is 1. The van der Waals surface area contributed by atoms with Crippen LogP contribution in [-0.2, 0) is 6.42 Å². The van der Waals surface area contributed by atoms with Crippen LogP contribution in [0.15, 0.2) is 40.6 Å². The summed E-state index contributed by atoms with van der Waals surface area (Å²) in [5.74, 6) is 1.47. The van der Waals surface area contributed by atoms with E-state index in [4.69, 9.17) is 9.47 Å². The summed E-state index contributed by atoms with van der Waals surface area (Å²) in [5.41, 5.74) is 4.03. The van der Waals surface area contributed by atoms with Gasteiger partial charge in [0, 0.05) is 25.2 Å². The number of benzene rings is 2. The van der Waals surface area contributed by atoms with Crippen molar-refractivity contribution in [1.29, 1.82) is 0 Å². The number of fused-ring (bicyclic) bond motifs is 1. The fourth-order valence-corrected chi connectivity index (χ4v) is 5.45. The molecular weight excluding hydrogens is 492 g/mol. The Kier molecular flexibility index (Phi) is 12.8. The zero-order chi connectivity index (χ0) is 27.2. The maximum Gasteiger partial charge on any atom is 0.231 e. The lowest BCUT2D eigenvalue weighted by Gasteiger charge is -2.27. The van der Waals surface area contributed by atoms with E-state index in [1.807, 2.05) is 12.1 Å². The van der Waals surface area contributed by atoms with E-state index in [0.717, 1.165) is 66.8 Å². The predicted molar refractivity (Wildman–Crippen MR) is 162 cm³/mol. The lowest BCUT2D eigenvalue weighted by molar-refractivity contribution is 0.403. The fraction of sp³-hybridized carbons (Fsp3) is 0.581. The Morgan fingerprint density at radius 2 is 1.45 bits per heavy atom. The monoisotopic (exact) mass is 538 g/mol. The van der Waals surface area contributed by atoms with Gasteiger partial charge in [-0.2, -0.15) is 0 Å².